The molecule has 1 aromatic rings. The fourth-order valence-electron chi connectivity index (χ4n) is 1.81. The molecular formula is C10H9O4SY-. The van der Waals surface area contributed by atoms with Crippen molar-refractivity contribution in [3.05, 3.63) is 28.8 Å². The SMILES string of the molecule is Cc1c(C(=O)O)c[c-]c2c1CCS2(=O)=O.[Y]. The third-order valence-electron chi connectivity index (χ3n) is 2.64. The molecule has 1 aromatic carbocycles. The number of benzene rings is 1. The summed E-state index contributed by atoms with van der Waals surface area (Å²) in [4.78, 5) is 11.0. The van der Waals surface area contributed by atoms with Gasteiger partial charge < -0.3 is 5.11 Å². The number of carboxylic acids is 1. The standard InChI is InChI=1S/C10H9O4S.Y/c1-6-7-4-5-15(13,14)9(7)3-2-8(6)10(11)12;/h2H,4-5H2,1H3,(H,11,12);/q-1;. The van der Waals surface area contributed by atoms with Crippen molar-refractivity contribution in [1.29, 1.82) is 0 Å². The molecule has 0 atom stereocenters. The molecule has 6 heteroatoms. The van der Waals surface area contributed by atoms with E-state index in [1.54, 1.807) is 6.92 Å². The van der Waals surface area contributed by atoms with Crippen LogP contribution in [-0.4, -0.2) is 25.2 Å². The molecule has 0 unspecified atom stereocenters. The van der Waals surface area contributed by atoms with Gasteiger partial charge in [0.1, 0.15) is 0 Å². The van der Waals surface area contributed by atoms with Crippen molar-refractivity contribution in [1.82, 2.24) is 0 Å². The number of fused-ring (bicyclic) bond motifs is 1. The Kier molecular flexibility index (Phi) is 3.93. The normalized spacial score (nSPS) is 16.3. The van der Waals surface area contributed by atoms with Crippen LogP contribution in [0, 0.1) is 13.0 Å². The van der Waals surface area contributed by atoms with Gasteiger partial charge in [0.05, 0.1) is 0 Å². The largest absolute Gasteiger partial charge is 0.487 e. The van der Waals surface area contributed by atoms with E-state index in [-0.39, 0.29) is 48.9 Å². The molecule has 0 bridgehead atoms. The van der Waals surface area contributed by atoms with Crippen LogP contribution in [0.25, 0.3) is 0 Å². The van der Waals surface area contributed by atoms with Crippen LogP contribution in [-0.2, 0) is 49.0 Å². The van der Waals surface area contributed by atoms with Crippen molar-refractivity contribution in [3.63, 3.8) is 0 Å². The summed E-state index contributed by atoms with van der Waals surface area (Å²) in [6.07, 6.45) is 0.390. The minimum Gasteiger partial charge on any atom is -0.487 e. The Morgan fingerprint density at radius 3 is 2.69 bits per heavy atom. The van der Waals surface area contributed by atoms with Crippen LogP contribution in [0.5, 0.6) is 0 Å². The molecule has 0 aromatic heterocycles. The second-order valence-corrected chi connectivity index (χ2v) is 5.56. The Balaban J connectivity index is 0.00000128. The van der Waals surface area contributed by atoms with Gasteiger partial charge >= 0.3 is 0 Å². The Bertz CT molecular complexity index is 548. The van der Waals surface area contributed by atoms with Gasteiger partial charge in [0.25, 0.3) is 5.97 Å². The molecule has 0 aliphatic carbocycles. The first kappa shape index (κ1) is 13.8. The van der Waals surface area contributed by atoms with Crippen molar-refractivity contribution in [2.45, 2.75) is 18.2 Å². The van der Waals surface area contributed by atoms with Gasteiger partial charge in [-0.15, -0.1) is 11.1 Å². The molecule has 0 spiro atoms. The van der Waals surface area contributed by atoms with Gasteiger partial charge in [-0.1, -0.05) is 13.3 Å². The van der Waals surface area contributed by atoms with Crippen LogP contribution in [0.4, 0.5) is 0 Å². The second kappa shape index (κ2) is 4.55. The minimum atomic E-state index is -3.22. The smallest absolute Gasteiger partial charge is 0.278 e. The van der Waals surface area contributed by atoms with Crippen LogP contribution in [0.2, 0.25) is 0 Å². The number of carbonyl (C=O) groups is 1. The molecule has 83 valence electrons. The van der Waals surface area contributed by atoms with Crippen molar-refractivity contribution >= 4 is 15.8 Å². The number of carboxylic acid groups (broad SMARTS) is 1. The molecule has 1 aliphatic rings. The summed E-state index contributed by atoms with van der Waals surface area (Å²) in [6, 6.07) is 3.80. The zero-order valence-corrected chi connectivity index (χ0v) is 12.3. The first-order valence-electron chi connectivity index (χ1n) is 4.43. The van der Waals surface area contributed by atoms with Gasteiger partial charge in [0, 0.05) is 38.5 Å². The summed E-state index contributed by atoms with van der Waals surface area (Å²) in [7, 11) is -3.22. The molecular weight excluding hydrogens is 305 g/mol. The summed E-state index contributed by atoms with van der Waals surface area (Å²) in [5.41, 5.74) is 1.28. The first-order chi connectivity index (χ1) is 6.93. The van der Waals surface area contributed by atoms with Gasteiger partial charge in [0.15, 0.2) is 9.84 Å². The first-order valence-corrected chi connectivity index (χ1v) is 6.09. The molecule has 16 heavy (non-hydrogen) atoms. The number of sulfone groups is 1. The monoisotopic (exact) mass is 314 g/mol. The van der Waals surface area contributed by atoms with Gasteiger partial charge in [-0.05, 0) is 10.5 Å². The van der Waals surface area contributed by atoms with Crippen LogP contribution in [0.1, 0.15) is 21.5 Å². The van der Waals surface area contributed by atoms with Gasteiger partial charge in [-0.3, -0.25) is 4.79 Å². The van der Waals surface area contributed by atoms with Crippen molar-refractivity contribution < 1.29 is 51.0 Å². The molecule has 1 heterocycles. The van der Waals surface area contributed by atoms with Crippen LogP contribution in [0.15, 0.2) is 11.0 Å². The number of rotatable bonds is 1. The zero-order valence-electron chi connectivity index (χ0n) is 8.65. The van der Waals surface area contributed by atoms with Crippen molar-refractivity contribution in [3.8, 4) is 0 Å². The molecule has 0 fully saturated rings. The topological polar surface area (TPSA) is 71.4 Å². The van der Waals surface area contributed by atoms with Crippen molar-refractivity contribution in [2.24, 2.45) is 0 Å². The number of hydrogen-bond donors (Lipinski definition) is 1. The molecule has 4 nitrogen and oxygen atoms in total. The third-order valence-corrected chi connectivity index (χ3v) is 4.37. The Labute approximate surface area is 119 Å². The van der Waals surface area contributed by atoms with Crippen LogP contribution < -0.4 is 0 Å². The molecule has 0 saturated heterocycles. The Morgan fingerprint density at radius 1 is 1.50 bits per heavy atom. The van der Waals surface area contributed by atoms with E-state index in [2.05, 4.69) is 6.07 Å². The van der Waals surface area contributed by atoms with Gasteiger partial charge in [-0.2, -0.15) is 12.1 Å². The minimum absolute atomic E-state index is 0. The fraction of sp³-hybridized carbons (Fsp3) is 0.300. The van der Waals surface area contributed by atoms with E-state index >= 15 is 0 Å². The van der Waals surface area contributed by atoms with Crippen LogP contribution in [0.3, 0.4) is 0 Å². The second-order valence-electron chi connectivity index (χ2n) is 3.51. The molecule has 1 aliphatic heterocycles. The van der Waals surface area contributed by atoms with E-state index in [1.807, 2.05) is 0 Å². The summed E-state index contributed by atoms with van der Waals surface area (Å²) in [6.45, 7) is 1.64. The van der Waals surface area contributed by atoms with E-state index in [4.69, 9.17) is 5.11 Å². The summed E-state index contributed by atoms with van der Waals surface area (Å²) in [5, 5.41) is 8.86. The van der Waals surface area contributed by atoms with Crippen molar-refractivity contribution in [2.75, 3.05) is 5.75 Å². The van der Waals surface area contributed by atoms with Gasteiger partial charge in [0.2, 0.25) is 0 Å². The van der Waals surface area contributed by atoms with E-state index in [0.29, 0.717) is 17.5 Å². The summed E-state index contributed by atoms with van der Waals surface area (Å²) >= 11 is 0. The number of aromatic carboxylic acids is 1. The maximum Gasteiger partial charge on any atom is 0.278 e. The van der Waals surface area contributed by atoms with E-state index in [9.17, 15) is 13.2 Å². The Morgan fingerprint density at radius 2 is 2.12 bits per heavy atom. The Hall–Kier alpha value is -0.256. The predicted octanol–water partition coefficient (Wildman–Crippen LogP) is 0.821. The quantitative estimate of drug-likeness (QED) is 0.779. The van der Waals surface area contributed by atoms with Crippen LogP contribution >= 0.6 is 0 Å². The number of hydrogen-bond acceptors (Lipinski definition) is 3. The molecule has 0 amide bonds. The van der Waals surface area contributed by atoms with Gasteiger partial charge in [-0.25, -0.2) is 8.42 Å². The molecule has 2 rings (SSSR count). The summed E-state index contributed by atoms with van der Waals surface area (Å²) in [5.74, 6) is -0.987. The average Bonchev–Trinajstić information content (AvgIpc) is 2.43. The van der Waals surface area contributed by atoms with E-state index in [1.165, 1.54) is 6.07 Å². The third kappa shape index (κ3) is 2.08. The van der Waals surface area contributed by atoms with E-state index in [0.717, 1.165) is 0 Å². The zero-order chi connectivity index (χ0) is 11.2. The maximum absolute atomic E-state index is 11.5. The molecule has 0 saturated carbocycles. The average molecular weight is 314 g/mol. The molecule has 1 radical (unpaired) electrons. The van der Waals surface area contributed by atoms with E-state index < -0.39 is 15.8 Å². The summed E-state index contributed by atoms with van der Waals surface area (Å²) < 4.78 is 23.0. The molecule has 1 N–H and O–H groups in total. The predicted molar refractivity (Wildman–Crippen MR) is 52.7 cm³/mol. The maximum atomic E-state index is 11.5. The fourth-order valence-corrected chi connectivity index (χ4v) is 3.35.